The predicted octanol–water partition coefficient (Wildman–Crippen LogP) is 2.60. The molecule has 0 spiro atoms. The van der Waals surface area contributed by atoms with Crippen molar-refractivity contribution in [3.63, 3.8) is 0 Å². The number of benzene rings is 1. The molecule has 5 nitrogen and oxygen atoms in total. The van der Waals surface area contributed by atoms with Crippen LogP contribution in [0.15, 0.2) is 36.5 Å². The van der Waals surface area contributed by atoms with Crippen LogP contribution in [0.3, 0.4) is 0 Å². The molecule has 1 aromatic carbocycles. The minimum atomic E-state index is 0.122. The molecule has 128 valence electrons. The van der Waals surface area contributed by atoms with Gasteiger partial charge in [0.1, 0.15) is 0 Å². The third-order valence-electron chi connectivity index (χ3n) is 4.69. The van der Waals surface area contributed by atoms with Gasteiger partial charge < -0.3 is 9.80 Å². The molecule has 0 N–H and O–H groups in total. The number of aromatic nitrogens is 2. The van der Waals surface area contributed by atoms with Crippen molar-refractivity contribution in [1.82, 2.24) is 19.6 Å². The van der Waals surface area contributed by atoms with E-state index in [4.69, 9.17) is 0 Å². The molecule has 1 aliphatic heterocycles. The fourth-order valence-electron chi connectivity index (χ4n) is 3.26. The van der Waals surface area contributed by atoms with Crippen molar-refractivity contribution < 1.29 is 4.79 Å². The Morgan fingerprint density at radius 1 is 1.08 bits per heavy atom. The average Bonchev–Trinajstić information content (AvgIpc) is 3.06. The topological polar surface area (TPSA) is 41.4 Å². The Balaban J connectivity index is 1.85. The van der Waals surface area contributed by atoms with E-state index in [-0.39, 0.29) is 5.91 Å². The van der Waals surface area contributed by atoms with Gasteiger partial charge in [-0.05, 0) is 25.1 Å². The third-order valence-corrected chi connectivity index (χ3v) is 4.69. The summed E-state index contributed by atoms with van der Waals surface area (Å²) >= 11 is 0. The highest BCUT2D eigenvalue weighted by molar-refractivity contribution is 5.95. The van der Waals surface area contributed by atoms with Crippen LogP contribution in [0.5, 0.6) is 0 Å². The zero-order valence-corrected chi connectivity index (χ0v) is 14.6. The second kappa shape index (κ2) is 7.62. The summed E-state index contributed by atoms with van der Waals surface area (Å²) < 4.78 is 1.92. The molecule has 1 aliphatic rings. The molecular weight excluding hydrogens is 300 g/mol. The van der Waals surface area contributed by atoms with Gasteiger partial charge in [-0.3, -0.25) is 4.79 Å². The lowest BCUT2D eigenvalue weighted by Gasteiger charge is -2.34. The van der Waals surface area contributed by atoms with Gasteiger partial charge in [0, 0.05) is 26.2 Å². The molecule has 24 heavy (non-hydrogen) atoms. The second-order valence-corrected chi connectivity index (χ2v) is 6.23. The van der Waals surface area contributed by atoms with Crippen LogP contribution < -0.4 is 0 Å². The number of likely N-dealkylation sites (N-methyl/N-ethyl adjacent to an activating group) is 1. The molecule has 1 aromatic heterocycles. The zero-order valence-electron chi connectivity index (χ0n) is 14.6. The first-order valence-electron chi connectivity index (χ1n) is 8.88. The van der Waals surface area contributed by atoms with Crippen molar-refractivity contribution in [2.75, 3.05) is 32.7 Å². The van der Waals surface area contributed by atoms with E-state index >= 15 is 0 Å². The van der Waals surface area contributed by atoms with Gasteiger partial charge in [0.15, 0.2) is 0 Å². The normalized spacial score (nSPS) is 15.7. The first-order chi connectivity index (χ1) is 11.7. The predicted molar refractivity (Wildman–Crippen MR) is 95.6 cm³/mol. The highest BCUT2D eigenvalue weighted by atomic mass is 16.2. The van der Waals surface area contributed by atoms with E-state index in [2.05, 4.69) is 23.8 Å². The quantitative estimate of drug-likeness (QED) is 0.848. The molecule has 5 heteroatoms. The Morgan fingerprint density at radius 3 is 2.42 bits per heavy atom. The van der Waals surface area contributed by atoms with Crippen LogP contribution in [0.1, 0.15) is 36.3 Å². The van der Waals surface area contributed by atoms with Crippen LogP contribution in [0, 0.1) is 0 Å². The average molecular weight is 326 g/mol. The number of rotatable bonds is 5. The van der Waals surface area contributed by atoms with E-state index in [0.717, 1.165) is 62.5 Å². The van der Waals surface area contributed by atoms with Crippen molar-refractivity contribution in [1.29, 1.82) is 0 Å². The molecule has 0 radical (unpaired) electrons. The van der Waals surface area contributed by atoms with Crippen LogP contribution in [0.25, 0.3) is 5.69 Å². The summed E-state index contributed by atoms with van der Waals surface area (Å²) in [6.45, 7) is 8.87. The van der Waals surface area contributed by atoms with Gasteiger partial charge in [-0.25, -0.2) is 4.68 Å². The molecule has 1 saturated heterocycles. The number of piperazine rings is 1. The first-order valence-corrected chi connectivity index (χ1v) is 8.88. The minimum Gasteiger partial charge on any atom is -0.336 e. The van der Waals surface area contributed by atoms with Crippen LogP contribution >= 0.6 is 0 Å². The summed E-state index contributed by atoms with van der Waals surface area (Å²) in [4.78, 5) is 17.3. The smallest absolute Gasteiger partial charge is 0.257 e. The number of nitrogens with zero attached hydrogens (tertiary/aromatic N) is 4. The maximum Gasteiger partial charge on any atom is 0.257 e. The number of hydrogen-bond donors (Lipinski definition) is 0. The molecule has 0 bridgehead atoms. The Morgan fingerprint density at radius 2 is 1.79 bits per heavy atom. The number of para-hydroxylation sites is 1. The summed E-state index contributed by atoms with van der Waals surface area (Å²) in [6, 6.07) is 10.0. The minimum absolute atomic E-state index is 0.122. The fourth-order valence-corrected chi connectivity index (χ4v) is 3.26. The molecule has 2 aromatic rings. The Labute approximate surface area is 143 Å². The van der Waals surface area contributed by atoms with Gasteiger partial charge in [-0.15, -0.1) is 0 Å². The summed E-state index contributed by atoms with van der Waals surface area (Å²) in [5.41, 5.74) is 2.79. The maximum atomic E-state index is 13.0. The van der Waals surface area contributed by atoms with Crippen LogP contribution in [-0.2, 0) is 6.42 Å². The summed E-state index contributed by atoms with van der Waals surface area (Å²) in [5.74, 6) is 0.122. The van der Waals surface area contributed by atoms with Gasteiger partial charge in [0.05, 0.1) is 23.1 Å². The zero-order chi connectivity index (χ0) is 16.9. The number of carbonyl (C=O) groups excluding carboxylic acids is 1. The van der Waals surface area contributed by atoms with Crippen molar-refractivity contribution in [3.05, 3.63) is 47.8 Å². The standard InChI is InChI=1S/C19H26N4O/c1-3-8-18-17(15-20-23(18)16-9-6-5-7-10-16)19(24)22-13-11-21(4-2)12-14-22/h5-7,9-10,15H,3-4,8,11-14H2,1-2H3. The largest absolute Gasteiger partial charge is 0.336 e. The SMILES string of the molecule is CCCc1c(C(=O)N2CCN(CC)CC2)cnn1-c1ccccc1. The molecule has 0 saturated carbocycles. The Bertz CT molecular complexity index is 672. The molecule has 0 unspecified atom stereocenters. The van der Waals surface area contributed by atoms with Crippen LogP contribution in [-0.4, -0.2) is 58.2 Å². The van der Waals surface area contributed by atoms with E-state index in [1.807, 2.05) is 39.9 Å². The molecule has 1 amide bonds. The van der Waals surface area contributed by atoms with E-state index < -0.39 is 0 Å². The van der Waals surface area contributed by atoms with Crippen molar-refractivity contribution in [2.24, 2.45) is 0 Å². The molecule has 1 fully saturated rings. The molecule has 0 atom stereocenters. The summed E-state index contributed by atoms with van der Waals surface area (Å²) in [5, 5.41) is 4.51. The van der Waals surface area contributed by atoms with Crippen LogP contribution in [0.4, 0.5) is 0 Å². The van der Waals surface area contributed by atoms with Crippen molar-refractivity contribution in [3.8, 4) is 5.69 Å². The van der Waals surface area contributed by atoms with Gasteiger partial charge in [-0.2, -0.15) is 5.10 Å². The van der Waals surface area contributed by atoms with Gasteiger partial charge in [0.2, 0.25) is 0 Å². The van der Waals surface area contributed by atoms with Gasteiger partial charge in [0.25, 0.3) is 5.91 Å². The third kappa shape index (κ3) is 3.36. The molecule has 2 heterocycles. The van der Waals surface area contributed by atoms with Crippen molar-refractivity contribution in [2.45, 2.75) is 26.7 Å². The highest BCUT2D eigenvalue weighted by Crippen LogP contribution is 2.19. The Kier molecular flexibility index (Phi) is 5.30. The number of hydrogen-bond acceptors (Lipinski definition) is 3. The number of amides is 1. The highest BCUT2D eigenvalue weighted by Gasteiger charge is 2.25. The van der Waals surface area contributed by atoms with Gasteiger partial charge >= 0.3 is 0 Å². The van der Waals surface area contributed by atoms with E-state index in [9.17, 15) is 4.79 Å². The number of carbonyl (C=O) groups is 1. The van der Waals surface area contributed by atoms with Gasteiger partial charge in [-0.1, -0.05) is 38.5 Å². The first kappa shape index (κ1) is 16.7. The molecule has 3 rings (SSSR count). The second-order valence-electron chi connectivity index (χ2n) is 6.23. The summed E-state index contributed by atoms with van der Waals surface area (Å²) in [6.07, 6.45) is 3.58. The lowest BCUT2D eigenvalue weighted by molar-refractivity contribution is 0.0642. The van der Waals surface area contributed by atoms with E-state index in [0.29, 0.717) is 0 Å². The Hall–Kier alpha value is -2.14. The van der Waals surface area contributed by atoms with E-state index in [1.165, 1.54) is 0 Å². The summed E-state index contributed by atoms with van der Waals surface area (Å²) in [7, 11) is 0. The van der Waals surface area contributed by atoms with Crippen molar-refractivity contribution >= 4 is 5.91 Å². The lowest BCUT2D eigenvalue weighted by Crippen LogP contribution is -2.48. The maximum absolute atomic E-state index is 13.0. The molecule has 0 aliphatic carbocycles. The lowest BCUT2D eigenvalue weighted by atomic mass is 10.1. The fraction of sp³-hybridized carbons (Fsp3) is 0.474. The van der Waals surface area contributed by atoms with Crippen LogP contribution in [0.2, 0.25) is 0 Å². The van der Waals surface area contributed by atoms with E-state index in [1.54, 1.807) is 6.20 Å². The monoisotopic (exact) mass is 326 g/mol. The molecular formula is C19H26N4O.